The minimum atomic E-state index is 0.615. The maximum atomic E-state index is 5.51. The third-order valence-corrected chi connectivity index (χ3v) is 3.53. The molecule has 0 bridgehead atoms. The predicted octanol–water partition coefficient (Wildman–Crippen LogP) is 5.28. The summed E-state index contributed by atoms with van der Waals surface area (Å²) in [4.78, 5) is 0. The smallest absolute Gasteiger partial charge is 0.147 e. The van der Waals surface area contributed by atoms with Gasteiger partial charge in [-0.3, -0.25) is 0 Å². The van der Waals surface area contributed by atoms with E-state index in [1.54, 1.807) is 7.11 Å². The molecule has 0 fully saturated rings. The first kappa shape index (κ1) is 13.8. The molecular formula is C16H13BrN2O2. The third-order valence-electron chi connectivity index (χ3n) is 3.04. The fourth-order valence-corrected chi connectivity index (χ4v) is 2.36. The van der Waals surface area contributed by atoms with Crippen LogP contribution in [-0.4, -0.2) is 13.7 Å². The molecule has 106 valence electrons. The summed E-state index contributed by atoms with van der Waals surface area (Å²) in [6, 6.07) is 11.4. The van der Waals surface area contributed by atoms with Gasteiger partial charge in [0.15, 0.2) is 0 Å². The van der Waals surface area contributed by atoms with Crippen LogP contribution in [0.25, 0.3) is 6.08 Å². The van der Waals surface area contributed by atoms with Crippen LogP contribution in [0.4, 0.5) is 11.4 Å². The van der Waals surface area contributed by atoms with Crippen molar-refractivity contribution < 1.29 is 9.47 Å². The lowest BCUT2D eigenvalue weighted by atomic mass is 10.1. The zero-order chi connectivity index (χ0) is 14.7. The zero-order valence-corrected chi connectivity index (χ0v) is 13.0. The van der Waals surface area contributed by atoms with Gasteiger partial charge in [-0.2, -0.15) is 5.11 Å². The van der Waals surface area contributed by atoms with Crippen LogP contribution >= 0.6 is 15.9 Å². The summed E-state index contributed by atoms with van der Waals surface area (Å²) >= 11 is 3.40. The van der Waals surface area contributed by atoms with Crippen LogP contribution in [0.1, 0.15) is 5.56 Å². The van der Waals surface area contributed by atoms with Crippen LogP contribution in [0.2, 0.25) is 0 Å². The van der Waals surface area contributed by atoms with Gasteiger partial charge in [-0.05, 0) is 42.5 Å². The van der Waals surface area contributed by atoms with E-state index >= 15 is 0 Å². The molecule has 0 saturated heterocycles. The molecule has 2 aromatic rings. The van der Waals surface area contributed by atoms with Crippen LogP contribution in [0.5, 0.6) is 11.5 Å². The number of fused-ring (bicyclic) bond motifs is 1. The number of azo groups is 1. The maximum absolute atomic E-state index is 5.51. The zero-order valence-electron chi connectivity index (χ0n) is 11.4. The molecule has 0 unspecified atom stereocenters. The first-order chi connectivity index (χ1) is 10.3. The number of ether oxygens (including phenoxy) is 2. The van der Waals surface area contributed by atoms with Gasteiger partial charge in [0.05, 0.1) is 12.8 Å². The van der Waals surface area contributed by atoms with E-state index in [9.17, 15) is 0 Å². The predicted molar refractivity (Wildman–Crippen MR) is 85.8 cm³/mol. The Kier molecular flexibility index (Phi) is 4.01. The van der Waals surface area contributed by atoms with Crippen LogP contribution in [-0.2, 0) is 0 Å². The molecular weight excluding hydrogens is 332 g/mol. The van der Waals surface area contributed by atoms with E-state index in [1.807, 2.05) is 48.6 Å². The normalized spacial score (nSPS) is 13.0. The Labute approximate surface area is 131 Å². The molecule has 3 rings (SSSR count). The second-order valence-corrected chi connectivity index (χ2v) is 5.37. The number of rotatable bonds is 3. The van der Waals surface area contributed by atoms with Gasteiger partial charge in [0.25, 0.3) is 0 Å². The number of methoxy groups -OCH3 is 1. The van der Waals surface area contributed by atoms with E-state index in [1.165, 1.54) is 0 Å². The number of hydrogen-bond donors (Lipinski definition) is 0. The van der Waals surface area contributed by atoms with Gasteiger partial charge in [-0.1, -0.05) is 22.0 Å². The summed E-state index contributed by atoms with van der Waals surface area (Å²) in [5.74, 6) is 1.55. The van der Waals surface area contributed by atoms with Gasteiger partial charge in [0.1, 0.15) is 23.8 Å². The van der Waals surface area contributed by atoms with E-state index < -0.39 is 0 Å². The minimum Gasteiger partial charge on any atom is -0.494 e. The minimum absolute atomic E-state index is 0.615. The molecule has 1 aliphatic heterocycles. The topological polar surface area (TPSA) is 43.2 Å². The lowest BCUT2D eigenvalue weighted by Crippen LogP contribution is -1.99. The van der Waals surface area contributed by atoms with Crippen molar-refractivity contribution >= 4 is 33.4 Å². The number of hydrogen-bond acceptors (Lipinski definition) is 4. The van der Waals surface area contributed by atoms with Crippen LogP contribution < -0.4 is 9.47 Å². The number of benzene rings is 2. The Hall–Kier alpha value is -2.14. The van der Waals surface area contributed by atoms with E-state index in [2.05, 4.69) is 26.2 Å². The quantitative estimate of drug-likeness (QED) is 0.711. The van der Waals surface area contributed by atoms with Gasteiger partial charge >= 0.3 is 0 Å². The van der Waals surface area contributed by atoms with E-state index in [-0.39, 0.29) is 0 Å². The lowest BCUT2D eigenvalue weighted by molar-refractivity contribution is 0.358. The molecule has 1 aliphatic rings. The summed E-state index contributed by atoms with van der Waals surface area (Å²) in [5.41, 5.74) is 2.47. The number of nitrogens with zero attached hydrogens (tertiary/aromatic N) is 2. The van der Waals surface area contributed by atoms with Gasteiger partial charge in [0.2, 0.25) is 0 Å². The molecule has 0 aliphatic carbocycles. The van der Waals surface area contributed by atoms with Gasteiger partial charge in [-0.25, -0.2) is 0 Å². The Balaban J connectivity index is 1.88. The molecule has 0 saturated carbocycles. The molecule has 21 heavy (non-hydrogen) atoms. The Morgan fingerprint density at radius 3 is 2.90 bits per heavy atom. The second kappa shape index (κ2) is 6.10. The maximum Gasteiger partial charge on any atom is 0.147 e. The average Bonchev–Trinajstić information content (AvgIpc) is 2.53. The molecule has 0 amide bonds. The highest BCUT2D eigenvalue weighted by molar-refractivity contribution is 9.10. The largest absolute Gasteiger partial charge is 0.494 e. The molecule has 4 nitrogen and oxygen atoms in total. The molecule has 0 spiro atoms. The molecule has 0 radical (unpaired) electrons. The van der Waals surface area contributed by atoms with E-state index in [0.717, 1.165) is 21.5 Å². The van der Waals surface area contributed by atoms with E-state index in [0.29, 0.717) is 18.0 Å². The summed E-state index contributed by atoms with van der Waals surface area (Å²) in [6.45, 7) is 0.615. The lowest BCUT2D eigenvalue weighted by Gasteiger charge is -2.11. The SMILES string of the molecule is COc1cc(Br)ccc1/N=N/c1ccc2c(c1)C=CCO2. The highest BCUT2D eigenvalue weighted by atomic mass is 79.9. The van der Waals surface area contributed by atoms with Crippen LogP contribution in [0.15, 0.2) is 57.2 Å². The Morgan fingerprint density at radius 1 is 1.14 bits per heavy atom. The summed E-state index contributed by atoms with van der Waals surface area (Å²) in [7, 11) is 1.61. The molecule has 5 heteroatoms. The summed E-state index contributed by atoms with van der Waals surface area (Å²) < 4.78 is 11.7. The molecule has 0 N–H and O–H groups in total. The van der Waals surface area contributed by atoms with Gasteiger partial charge in [-0.15, -0.1) is 5.11 Å². The van der Waals surface area contributed by atoms with Crippen molar-refractivity contribution in [1.29, 1.82) is 0 Å². The second-order valence-electron chi connectivity index (χ2n) is 4.45. The first-order valence-electron chi connectivity index (χ1n) is 6.45. The van der Waals surface area contributed by atoms with Crippen LogP contribution in [0.3, 0.4) is 0 Å². The van der Waals surface area contributed by atoms with Crippen molar-refractivity contribution in [3.05, 3.63) is 52.5 Å². The number of halogens is 1. The Bertz CT molecular complexity index is 726. The highest BCUT2D eigenvalue weighted by Crippen LogP contribution is 2.33. The van der Waals surface area contributed by atoms with Gasteiger partial charge in [0, 0.05) is 10.0 Å². The van der Waals surface area contributed by atoms with Crippen molar-refractivity contribution in [2.45, 2.75) is 0 Å². The third kappa shape index (κ3) is 3.13. The van der Waals surface area contributed by atoms with Crippen molar-refractivity contribution in [3.8, 4) is 11.5 Å². The van der Waals surface area contributed by atoms with Crippen molar-refractivity contribution in [3.63, 3.8) is 0 Å². The Morgan fingerprint density at radius 2 is 2.05 bits per heavy atom. The summed E-state index contributed by atoms with van der Waals surface area (Å²) in [6.07, 6.45) is 4.00. The molecule has 2 aromatic carbocycles. The molecule has 1 heterocycles. The van der Waals surface area contributed by atoms with Crippen molar-refractivity contribution in [1.82, 2.24) is 0 Å². The highest BCUT2D eigenvalue weighted by Gasteiger charge is 2.06. The molecule has 0 aromatic heterocycles. The van der Waals surface area contributed by atoms with E-state index in [4.69, 9.17) is 9.47 Å². The standard InChI is InChI=1S/C16H13BrN2O2/c1-20-16-10-12(17)4-6-14(16)19-18-13-5-7-15-11(9-13)3-2-8-21-15/h2-7,9-10H,8H2,1H3/b19-18+. The first-order valence-corrected chi connectivity index (χ1v) is 7.24. The summed E-state index contributed by atoms with van der Waals surface area (Å²) in [5, 5.41) is 8.51. The average molecular weight is 345 g/mol. The van der Waals surface area contributed by atoms with Crippen molar-refractivity contribution in [2.24, 2.45) is 10.2 Å². The molecule has 0 atom stereocenters. The monoisotopic (exact) mass is 344 g/mol. The fraction of sp³-hybridized carbons (Fsp3) is 0.125. The van der Waals surface area contributed by atoms with Gasteiger partial charge < -0.3 is 9.47 Å². The van der Waals surface area contributed by atoms with Crippen LogP contribution in [0, 0.1) is 0 Å². The fourth-order valence-electron chi connectivity index (χ4n) is 2.02. The van der Waals surface area contributed by atoms with Crippen molar-refractivity contribution in [2.75, 3.05) is 13.7 Å².